The van der Waals surface area contributed by atoms with Gasteiger partial charge < -0.3 is 4.74 Å². The van der Waals surface area contributed by atoms with Crippen LogP contribution in [0.4, 0.5) is 11.4 Å². The summed E-state index contributed by atoms with van der Waals surface area (Å²) in [7, 11) is -2.75. The monoisotopic (exact) mass is 336 g/mol. The van der Waals surface area contributed by atoms with Crippen LogP contribution in [0.3, 0.4) is 0 Å². The third-order valence-electron chi connectivity index (χ3n) is 3.50. The number of nitrogens with zero attached hydrogens (tertiary/aromatic N) is 1. The molecule has 0 aliphatic rings. The highest BCUT2D eigenvalue weighted by molar-refractivity contribution is 7.92. The zero-order valence-corrected chi connectivity index (χ0v) is 13.7. The lowest BCUT2D eigenvalue weighted by Crippen LogP contribution is -2.15. The minimum absolute atomic E-state index is 0.211. The van der Waals surface area contributed by atoms with Gasteiger partial charge in [0.1, 0.15) is 5.75 Å². The van der Waals surface area contributed by atoms with Crippen molar-refractivity contribution in [1.29, 1.82) is 0 Å². The fourth-order valence-electron chi connectivity index (χ4n) is 2.06. The molecule has 1 N–H and O–H groups in total. The van der Waals surface area contributed by atoms with E-state index in [0.717, 1.165) is 23.3 Å². The average molecular weight is 336 g/mol. The first-order valence-electron chi connectivity index (χ1n) is 6.67. The van der Waals surface area contributed by atoms with Gasteiger partial charge in [-0.15, -0.1) is 0 Å². The second-order valence-corrected chi connectivity index (χ2v) is 6.59. The van der Waals surface area contributed by atoms with Crippen LogP contribution in [0.25, 0.3) is 0 Å². The largest absolute Gasteiger partial charge is 0.497 e. The summed E-state index contributed by atoms with van der Waals surface area (Å²) in [5.74, 6) is 0.211. The van der Waals surface area contributed by atoms with Crippen LogP contribution in [-0.2, 0) is 10.0 Å². The number of benzene rings is 2. The minimum Gasteiger partial charge on any atom is -0.497 e. The molecule has 0 saturated heterocycles. The van der Waals surface area contributed by atoms with Crippen molar-refractivity contribution in [3.63, 3.8) is 0 Å². The summed E-state index contributed by atoms with van der Waals surface area (Å²) in [4.78, 5) is 10.0. The summed E-state index contributed by atoms with van der Waals surface area (Å²) >= 11 is 0. The van der Waals surface area contributed by atoms with E-state index in [1.807, 2.05) is 13.0 Å². The van der Waals surface area contributed by atoms with Crippen LogP contribution in [0.2, 0.25) is 0 Å². The van der Waals surface area contributed by atoms with Crippen molar-refractivity contribution in [1.82, 2.24) is 0 Å². The maximum Gasteiger partial charge on any atom is 0.293 e. The Kier molecular flexibility index (Phi) is 4.55. The summed E-state index contributed by atoms with van der Waals surface area (Å²) < 4.78 is 32.4. The first-order chi connectivity index (χ1) is 10.8. The molecule has 2 aromatic carbocycles. The Balaban J connectivity index is 2.52. The molecule has 122 valence electrons. The van der Waals surface area contributed by atoms with Gasteiger partial charge in [0.05, 0.1) is 23.8 Å². The number of hydrogen-bond acceptors (Lipinski definition) is 5. The quantitative estimate of drug-likeness (QED) is 0.668. The minimum atomic E-state index is -4.10. The predicted octanol–water partition coefficient (Wildman–Crippen LogP) is 3.02. The lowest BCUT2D eigenvalue weighted by Gasteiger charge is -2.12. The second kappa shape index (κ2) is 6.25. The molecule has 0 aliphatic heterocycles. The average Bonchev–Trinajstić information content (AvgIpc) is 2.51. The standard InChI is InChI=1S/C15H16N2O5S/c1-10-5-4-6-13(11(10)2)16-23(20,21)15-8-7-12(22-3)9-14(15)17(18)19/h4-9,16H,1-3H3. The molecule has 0 radical (unpaired) electrons. The van der Waals surface area contributed by atoms with Gasteiger partial charge in [-0.3, -0.25) is 14.8 Å². The molecule has 0 atom stereocenters. The topological polar surface area (TPSA) is 98.5 Å². The van der Waals surface area contributed by atoms with Gasteiger partial charge in [0.25, 0.3) is 15.7 Å². The Morgan fingerprint density at radius 1 is 1.17 bits per heavy atom. The van der Waals surface area contributed by atoms with E-state index in [9.17, 15) is 18.5 Å². The van der Waals surface area contributed by atoms with Gasteiger partial charge in [-0.05, 0) is 43.2 Å². The van der Waals surface area contributed by atoms with Crippen LogP contribution in [0.15, 0.2) is 41.3 Å². The van der Waals surface area contributed by atoms with E-state index in [1.54, 1.807) is 19.1 Å². The van der Waals surface area contributed by atoms with E-state index in [0.29, 0.717) is 5.69 Å². The molecule has 7 nitrogen and oxygen atoms in total. The Hall–Kier alpha value is -2.61. The lowest BCUT2D eigenvalue weighted by atomic mass is 10.1. The molecule has 0 spiro atoms. The molecule has 0 heterocycles. The van der Waals surface area contributed by atoms with Gasteiger partial charge in [0, 0.05) is 0 Å². The number of ether oxygens (including phenoxy) is 1. The van der Waals surface area contributed by atoms with Crippen molar-refractivity contribution in [3.8, 4) is 5.75 Å². The molecule has 0 aliphatic carbocycles. The second-order valence-electron chi connectivity index (χ2n) is 4.94. The maximum absolute atomic E-state index is 12.5. The number of methoxy groups -OCH3 is 1. The smallest absolute Gasteiger partial charge is 0.293 e. The van der Waals surface area contributed by atoms with Crippen molar-refractivity contribution < 1.29 is 18.1 Å². The Morgan fingerprint density at radius 2 is 1.87 bits per heavy atom. The molecule has 0 bridgehead atoms. The number of sulfonamides is 1. The first-order valence-corrected chi connectivity index (χ1v) is 8.16. The molecule has 0 amide bonds. The summed E-state index contributed by atoms with van der Waals surface area (Å²) in [6.45, 7) is 3.62. The van der Waals surface area contributed by atoms with Crippen LogP contribution >= 0.6 is 0 Å². The molecule has 2 rings (SSSR count). The number of anilines is 1. The maximum atomic E-state index is 12.5. The van der Waals surface area contributed by atoms with Gasteiger partial charge >= 0.3 is 0 Å². The predicted molar refractivity (Wildman–Crippen MR) is 86.4 cm³/mol. The van der Waals surface area contributed by atoms with Crippen molar-refractivity contribution in [2.45, 2.75) is 18.7 Å². The molecule has 0 fully saturated rings. The van der Waals surface area contributed by atoms with Gasteiger partial charge in [-0.2, -0.15) is 0 Å². The number of hydrogen-bond donors (Lipinski definition) is 1. The van der Waals surface area contributed by atoms with Crippen LogP contribution in [0.1, 0.15) is 11.1 Å². The van der Waals surface area contributed by atoms with Gasteiger partial charge in [0.15, 0.2) is 4.90 Å². The van der Waals surface area contributed by atoms with E-state index in [-0.39, 0.29) is 5.75 Å². The fourth-order valence-corrected chi connectivity index (χ4v) is 3.33. The summed E-state index contributed by atoms with van der Waals surface area (Å²) in [5.41, 5.74) is 1.51. The number of rotatable bonds is 5. The van der Waals surface area contributed by atoms with Gasteiger partial charge in [-0.1, -0.05) is 12.1 Å². The number of nitro groups is 1. The number of nitro benzene ring substituents is 1. The van der Waals surface area contributed by atoms with E-state index in [4.69, 9.17) is 4.74 Å². The van der Waals surface area contributed by atoms with Crippen molar-refractivity contribution >= 4 is 21.4 Å². The number of aryl methyl sites for hydroxylation is 1. The van der Waals surface area contributed by atoms with E-state index < -0.39 is 25.5 Å². The van der Waals surface area contributed by atoms with Crippen LogP contribution in [-0.4, -0.2) is 20.5 Å². The molecule has 2 aromatic rings. The van der Waals surface area contributed by atoms with Crippen molar-refractivity contribution in [3.05, 3.63) is 57.6 Å². The fraction of sp³-hybridized carbons (Fsp3) is 0.200. The third-order valence-corrected chi connectivity index (χ3v) is 4.91. The van der Waals surface area contributed by atoms with Crippen molar-refractivity contribution in [2.24, 2.45) is 0 Å². The molecular formula is C15H16N2O5S. The molecule has 0 saturated carbocycles. The molecule has 0 unspecified atom stereocenters. The Morgan fingerprint density at radius 3 is 2.48 bits per heavy atom. The molecule has 23 heavy (non-hydrogen) atoms. The number of nitrogens with one attached hydrogen (secondary N) is 1. The lowest BCUT2D eigenvalue weighted by molar-refractivity contribution is -0.387. The third kappa shape index (κ3) is 3.42. The Labute approximate surface area is 134 Å². The highest BCUT2D eigenvalue weighted by Gasteiger charge is 2.27. The highest BCUT2D eigenvalue weighted by atomic mass is 32.2. The molecule has 0 aromatic heterocycles. The van der Waals surface area contributed by atoms with E-state index in [1.165, 1.54) is 13.2 Å². The van der Waals surface area contributed by atoms with E-state index >= 15 is 0 Å². The molecular weight excluding hydrogens is 320 g/mol. The normalized spacial score (nSPS) is 11.1. The summed E-state index contributed by atoms with van der Waals surface area (Å²) in [6.07, 6.45) is 0. The SMILES string of the molecule is COc1ccc(S(=O)(=O)Nc2cccc(C)c2C)c([N+](=O)[O-])c1. The zero-order chi connectivity index (χ0) is 17.2. The highest BCUT2D eigenvalue weighted by Crippen LogP contribution is 2.30. The van der Waals surface area contributed by atoms with Crippen molar-refractivity contribution in [2.75, 3.05) is 11.8 Å². The Bertz CT molecular complexity index is 862. The summed E-state index contributed by atoms with van der Waals surface area (Å²) in [6, 6.07) is 8.77. The zero-order valence-electron chi connectivity index (χ0n) is 12.9. The van der Waals surface area contributed by atoms with Gasteiger partial charge in [0.2, 0.25) is 0 Å². The molecule has 8 heteroatoms. The van der Waals surface area contributed by atoms with E-state index in [2.05, 4.69) is 4.72 Å². The van der Waals surface area contributed by atoms with Crippen LogP contribution in [0.5, 0.6) is 5.75 Å². The summed E-state index contributed by atoms with van der Waals surface area (Å²) in [5, 5.41) is 11.2. The van der Waals surface area contributed by atoms with Crippen LogP contribution in [0, 0.1) is 24.0 Å². The van der Waals surface area contributed by atoms with Crippen LogP contribution < -0.4 is 9.46 Å². The van der Waals surface area contributed by atoms with Gasteiger partial charge in [-0.25, -0.2) is 8.42 Å². The first kappa shape index (κ1) is 16.8.